The molecule has 0 bridgehead atoms. The fourth-order valence-electron chi connectivity index (χ4n) is 3.46. The second-order valence-electron chi connectivity index (χ2n) is 7.33. The summed E-state index contributed by atoms with van der Waals surface area (Å²) in [4.78, 5) is 24.3. The summed E-state index contributed by atoms with van der Waals surface area (Å²) < 4.78 is 6.20. The smallest absolute Gasteiger partial charge is 0.219 e. The van der Waals surface area contributed by atoms with Crippen LogP contribution in [0.25, 0.3) is 0 Å². The predicted octanol–water partition coefficient (Wildman–Crippen LogP) is 4.64. The Bertz CT molecular complexity index is 1070. The second kappa shape index (κ2) is 9.22. The van der Waals surface area contributed by atoms with Gasteiger partial charge in [-0.2, -0.15) is 0 Å². The maximum Gasteiger partial charge on any atom is 0.219 e. The number of hydrogen-bond donors (Lipinski definition) is 1. The molecule has 0 unspecified atom stereocenters. The van der Waals surface area contributed by atoms with Crippen molar-refractivity contribution < 1.29 is 9.53 Å². The van der Waals surface area contributed by atoms with Crippen molar-refractivity contribution >= 4 is 34.7 Å². The van der Waals surface area contributed by atoms with Crippen LogP contribution in [0.3, 0.4) is 0 Å². The third-order valence-electron chi connectivity index (χ3n) is 5.14. The van der Waals surface area contributed by atoms with Gasteiger partial charge < -0.3 is 19.9 Å². The van der Waals surface area contributed by atoms with Crippen LogP contribution in [0.4, 0.5) is 17.2 Å². The van der Waals surface area contributed by atoms with Crippen LogP contribution in [0, 0.1) is 6.92 Å². The van der Waals surface area contributed by atoms with E-state index in [4.69, 9.17) is 16.3 Å². The molecule has 1 saturated heterocycles. The van der Waals surface area contributed by atoms with E-state index in [0.717, 1.165) is 30.2 Å². The number of ether oxygens (including phenoxy) is 1. The predicted molar refractivity (Wildman–Crippen MR) is 122 cm³/mol. The first-order valence-electron chi connectivity index (χ1n) is 10.1. The molecule has 2 heterocycles. The standard InChI is InChI=1S/C23H24ClN5O2/c1-16-25-15-20(24)23(26-16)27-21-9-8-18(29-12-10-28(11-13-29)17(2)30)14-22(21)31-19-6-4-3-5-7-19/h3-9,14-15H,10-13H2,1-2H3,(H,25,26,27). The lowest BCUT2D eigenvalue weighted by Gasteiger charge is -2.35. The highest BCUT2D eigenvalue weighted by atomic mass is 35.5. The summed E-state index contributed by atoms with van der Waals surface area (Å²) in [6, 6.07) is 15.6. The molecule has 0 aliphatic carbocycles. The number of rotatable bonds is 5. The summed E-state index contributed by atoms with van der Waals surface area (Å²) in [5, 5.41) is 3.71. The number of carbonyl (C=O) groups excluding carboxylic acids is 1. The minimum absolute atomic E-state index is 0.115. The molecule has 160 valence electrons. The average molecular weight is 438 g/mol. The van der Waals surface area contributed by atoms with Crippen molar-refractivity contribution in [2.45, 2.75) is 13.8 Å². The van der Waals surface area contributed by atoms with E-state index in [-0.39, 0.29) is 5.91 Å². The number of hydrogen-bond acceptors (Lipinski definition) is 6. The van der Waals surface area contributed by atoms with Gasteiger partial charge >= 0.3 is 0 Å². The Balaban J connectivity index is 1.63. The molecular weight excluding hydrogens is 414 g/mol. The second-order valence-corrected chi connectivity index (χ2v) is 7.73. The normalized spacial score (nSPS) is 13.8. The maximum absolute atomic E-state index is 11.6. The summed E-state index contributed by atoms with van der Waals surface area (Å²) in [5.74, 6) is 2.65. The first-order valence-corrected chi connectivity index (χ1v) is 10.5. The topological polar surface area (TPSA) is 70.6 Å². The molecule has 8 heteroatoms. The van der Waals surface area contributed by atoms with Gasteiger partial charge in [0.1, 0.15) is 16.6 Å². The Morgan fingerprint density at radius 3 is 2.55 bits per heavy atom. The van der Waals surface area contributed by atoms with E-state index in [1.54, 1.807) is 13.1 Å². The Morgan fingerprint density at radius 1 is 1.10 bits per heavy atom. The number of nitrogens with zero attached hydrogens (tertiary/aromatic N) is 4. The van der Waals surface area contributed by atoms with Crippen molar-refractivity contribution in [1.29, 1.82) is 0 Å². The highest BCUT2D eigenvalue weighted by Crippen LogP contribution is 2.36. The van der Waals surface area contributed by atoms with Crippen LogP contribution < -0.4 is 15.0 Å². The first-order chi connectivity index (χ1) is 15.0. The van der Waals surface area contributed by atoms with Crippen molar-refractivity contribution in [3.8, 4) is 11.5 Å². The van der Waals surface area contributed by atoms with Gasteiger partial charge in [-0.15, -0.1) is 0 Å². The highest BCUT2D eigenvalue weighted by molar-refractivity contribution is 6.32. The molecular formula is C23H24ClN5O2. The molecule has 0 spiro atoms. The molecule has 7 nitrogen and oxygen atoms in total. The minimum atomic E-state index is 0.115. The summed E-state index contributed by atoms with van der Waals surface area (Å²) in [7, 11) is 0. The molecule has 2 aromatic carbocycles. The average Bonchev–Trinajstić information content (AvgIpc) is 2.78. The number of aryl methyl sites for hydroxylation is 1. The number of amides is 1. The number of benzene rings is 2. The number of halogens is 1. The lowest BCUT2D eigenvalue weighted by Crippen LogP contribution is -2.48. The Morgan fingerprint density at radius 2 is 1.84 bits per heavy atom. The Kier molecular flexibility index (Phi) is 6.23. The molecule has 1 aliphatic heterocycles. The van der Waals surface area contributed by atoms with E-state index in [1.165, 1.54) is 0 Å². The molecule has 0 atom stereocenters. The van der Waals surface area contributed by atoms with Gasteiger partial charge in [0.05, 0.1) is 11.9 Å². The van der Waals surface area contributed by atoms with Crippen molar-refractivity contribution in [2.24, 2.45) is 0 Å². The number of anilines is 3. The third-order valence-corrected chi connectivity index (χ3v) is 5.42. The molecule has 1 N–H and O–H groups in total. The molecule has 4 rings (SSSR count). The van der Waals surface area contributed by atoms with Crippen LogP contribution in [0.1, 0.15) is 12.7 Å². The van der Waals surface area contributed by atoms with E-state index < -0.39 is 0 Å². The molecule has 0 saturated carbocycles. The monoisotopic (exact) mass is 437 g/mol. The largest absolute Gasteiger partial charge is 0.455 e. The Labute approximate surface area is 186 Å². The first kappa shape index (κ1) is 20.9. The summed E-state index contributed by atoms with van der Waals surface area (Å²) in [6.07, 6.45) is 1.58. The van der Waals surface area contributed by atoms with Gasteiger partial charge in [-0.3, -0.25) is 4.79 Å². The molecule has 1 fully saturated rings. The van der Waals surface area contributed by atoms with Crippen LogP contribution in [0.15, 0.2) is 54.7 Å². The zero-order valence-corrected chi connectivity index (χ0v) is 18.3. The molecule has 1 aromatic heterocycles. The van der Waals surface area contributed by atoms with E-state index in [9.17, 15) is 4.79 Å². The number of carbonyl (C=O) groups is 1. The van der Waals surface area contributed by atoms with Gasteiger partial charge in [-0.05, 0) is 31.2 Å². The quantitative estimate of drug-likeness (QED) is 0.626. The molecule has 3 aromatic rings. The van der Waals surface area contributed by atoms with Gasteiger partial charge in [-0.1, -0.05) is 29.8 Å². The van der Waals surface area contributed by atoms with Crippen molar-refractivity contribution in [3.63, 3.8) is 0 Å². The van der Waals surface area contributed by atoms with Crippen molar-refractivity contribution in [1.82, 2.24) is 14.9 Å². The van der Waals surface area contributed by atoms with Gasteiger partial charge in [0, 0.05) is 44.9 Å². The lowest BCUT2D eigenvalue weighted by atomic mass is 10.2. The molecule has 1 amide bonds. The fraction of sp³-hybridized carbons (Fsp3) is 0.261. The van der Waals surface area contributed by atoms with Crippen LogP contribution in [0.2, 0.25) is 5.02 Å². The number of para-hydroxylation sites is 1. The SMILES string of the molecule is CC(=O)N1CCN(c2ccc(Nc3nc(C)ncc3Cl)c(Oc3ccccc3)c2)CC1. The zero-order chi connectivity index (χ0) is 21.8. The lowest BCUT2D eigenvalue weighted by molar-refractivity contribution is -0.129. The van der Waals surface area contributed by atoms with Gasteiger partial charge in [0.15, 0.2) is 11.6 Å². The summed E-state index contributed by atoms with van der Waals surface area (Å²) >= 11 is 6.28. The molecule has 31 heavy (non-hydrogen) atoms. The van der Waals surface area contributed by atoms with Crippen molar-refractivity contribution in [2.75, 3.05) is 36.4 Å². The molecule has 0 radical (unpaired) electrons. The summed E-state index contributed by atoms with van der Waals surface area (Å²) in [6.45, 7) is 6.39. The fourth-order valence-corrected chi connectivity index (χ4v) is 3.60. The van der Waals surface area contributed by atoms with Crippen LogP contribution >= 0.6 is 11.6 Å². The Hall–Kier alpha value is -3.32. The van der Waals surface area contributed by atoms with E-state index in [2.05, 4.69) is 20.2 Å². The van der Waals surface area contributed by atoms with Crippen LogP contribution in [-0.4, -0.2) is 47.0 Å². The van der Waals surface area contributed by atoms with E-state index in [0.29, 0.717) is 35.5 Å². The molecule has 1 aliphatic rings. The number of aromatic nitrogens is 2. The third kappa shape index (κ3) is 5.06. The van der Waals surface area contributed by atoms with Crippen molar-refractivity contribution in [3.05, 3.63) is 65.6 Å². The van der Waals surface area contributed by atoms with Gasteiger partial charge in [0.2, 0.25) is 5.91 Å². The zero-order valence-electron chi connectivity index (χ0n) is 17.5. The maximum atomic E-state index is 11.6. The summed E-state index contributed by atoms with van der Waals surface area (Å²) in [5.41, 5.74) is 1.78. The van der Waals surface area contributed by atoms with Crippen LogP contribution in [0.5, 0.6) is 11.5 Å². The number of piperazine rings is 1. The number of nitrogens with one attached hydrogen (secondary N) is 1. The minimum Gasteiger partial charge on any atom is -0.455 e. The van der Waals surface area contributed by atoms with E-state index >= 15 is 0 Å². The van der Waals surface area contributed by atoms with Gasteiger partial charge in [-0.25, -0.2) is 9.97 Å². The van der Waals surface area contributed by atoms with E-state index in [1.807, 2.05) is 60.4 Å². The van der Waals surface area contributed by atoms with Gasteiger partial charge in [0.25, 0.3) is 0 Å². The van der Waals surface area contributed by atoms with Crippen LogP contribution in [-0.2, 0) is 4.79 Å². The highest BCUT2D eigenvalue weighted by Gasteiger charge is 2.20.